The molecule has 1 aromatic heterocycles. The van der Waals surface area contributed by atoms with Crippen LogP contribution < -0.4 is 15.1 Å². The first kappa shape index (κ1) is 21.0. The highest BCUT2D eigenvalue weighted by Gasteiger charge is 2.33. The van der Waals surface area contributed by atoms with Crippen LogP contribution in [0.1, 0.15) is 9.67 Å². The minimum atomic E-state index is -1.28. The molecular weight excluding hydrogens is 437 g/mol. The molecule has 2 aromatic rings. The summed E-state index contributed by atoms with van der Waals surface area (Å²) in [4.78, 5) is 27.4. The average molecular weight is 456 g/mol. The SMILES string of the molecule is O=C(NCC1CN(c2ccc(N3CCOCC3=O)c(F)c2)C(O)O1)c1ccc(Cl)s1. The Morgan fingerprint density at radius 2 is 2.20 bits per heavy atom. The molecule has 0 radical (unpaired) electrons. The standard InChI is InChI=1S/C19H19ClFN3O5S/c20-16-4-3-15(30-16)18(26)22-8-12-9-24(19(27)29-12)11-1-2-14(13(21)7-11)23-5-6-28-10-17(23)25/h1-4,7,12,19,27H,5-6,8-10H2,(H,22,26). The monoisotopic (exact) mass is 455 g/mol. The number of aliphatic hydroxyl groups is 1. The molecule has 2 N–H and O–H groups in total. The second-order valence-electron chi connectivity index (χ2n) is 6.78. The number of aliphatic hydroxyl groups excluding tert-OH is 1. The van der Waals surface area contributed by atoms with Crippen molar-refractivity contribution in [2.75, 3.05) is 42.6 Å². The smallest absolute Gasteiger partial charge is 0.261 e. The predicted molar refractivity (Wildman–Crippen MR) is 109 cm³/mol. The molecule has 3 heterocycles. The fraction of sp³-hybridized carbons (Fsp3) is 0.368. The molecule has 0 spiro atoms. The van der Waals surface area contributed by atoms with Gasteiger partial charge < -0.3 is 29.7 Å². The Morgan fingerprint density at radius 3 is 2.90 bits per heavy atom. The maximum Gasteiger partial charge on any atom is 0.261 e. The number of halogens is 2. The molecule has 2 aliphatic rings. The van der Waals surface area contributed by atoms with Crippen LogP contribution in [0.3, 0.4) is 0 Å². The van der Waals surface area contributed by atoms with E-state index < -0.39 is 18.3 Å². The summed E-state index contributed by atoms with van der Waals surface area (Å²) in [5.74, 6) is -1.17. The third-order valence-corrected chi connectivity index (χ3v) is 6.04. The zero-order valence-electron chi connectivity index (χ0n) is 15.7. The lowest BCUT2D eigenvalue weighted by atomic mass is 10.2. The predicted octanol–water partition coefficient (Wildman–Crippen LogP) is 1.81. The fourth-order valence-electron chi connectivity index (χ4n) is 3.34. The van der Waals surface area contributed by atoms with E-state index in [0.717, 1.165) is 0 Å². The minimum absolute atomic E-state index is 0.0784. The molecule has 1 aromatic carbocycles. The Kier molecular flexibility index (Phi) is 6.21. The third kappa shape index (κ3) is 4.42. The summed E-state index contributed by atoms with van der Waals surface area (Å²) in [6.45, 7) is 0.968. The number of carbonyl (C=O) groups excluding carboxylic acids is 2. The molecule has 11 heteroatoms. The van der Waals surface area contributed by atoms with Crippen LogP contribution in [-0.4, -0.2) is 62.3 Å². The fourth-order valence-corrected chi connectivity index (χ4v) is 4.30. The van der Waals surface area contributed by atoms with Crippen LogP contribution >= 0.6 is 22.9 Å². The number of nitrogens with one attached hydrogen (secondary N) is 1. The number of amides is 2. The van der Waals surface area contributed by atoms with Gasteiger partial charge in [0, 0.05) is 18.8 Å². The van der Waals surface area contributed by atoms with Gasteiger partial charge in [0.05, 0.1) is 34.2 Å². The van der Waals surface area contributed by atoms with Crippen molar-refractivity contribution in [3.8, 4) is 0 Å². The van der Waals surface area contributed by atoms with Crippen molar-refractivity contribution in [2.45, 2.75) is 12.5 Å². The van der Waals surface area contributed by atoms with Crippen molar-refractivity contribution in [1.82, 2.24) is 5.32 Å². The largest absolute Gasteiger partial charge is 0.370 e. The minimum Gasteiger partial charge on any atom is -0.370 e. The van der Waals surface area contributed by atoms with Crippen LogP contribution in [0.15, 0.2) is 30.3 Å². The normalized spacial score (nSPS) is 21.9. The first-order chi connectivity index (χ1) is 14.4. The van der Waals surface area contributed by atoms with E-state index in [0.29, 0.717) is 21.5 Å². The molecule has 2 atom stereocenters. The molecule has 0 aliphatic carbocycles. The number of benzene rings is 1. The lowest BCUT2D eigenvalue weighted by molar-refractivity contribution is -0.125. The van der Waals surface area contributed by atoms with Gasteiger partial charge in [-0.25, -0.2) is 4.39 Å². The topological polar surface area (TPSA) is 91.3 Å². The summed E-state index contributed by atoms with van der Waals surface area (Å²) in [7, 11) is 0. The van der Waals surface area contributed by atoms with Crippen LogP contribution in [0.5, 0.6) is 0 Å². The van der Waals surface area contributed by atoms with Gasteiger partial charge in [-0.2, -0.15) is 0 Å². The van der Waals surface area contributed by atoms with Gasteiger partial charge in [-0.3, -0.25) is 9.59 Å². The van der Waals surface area contributed by atoms with Gasteiger partial charge in [0.25, 0.3) is 11.8 Å². The zero-order chi connectivity index (χ0) is 21.3. The second kappa shape index (κ2) is 8.86. The highest BCUT2D eigenvalue weighted by Crippen LogP contribution is 2.29. The molecule has 0 bridgehead atoms. The van der Waals surface area contributed by atoms with E-state index in [9.17, 15) is 19.1 Å². The first-order valence-corrected chi connectivity index (χ1v) is 10.4. The number of hydrogen-bond acceptors (Lipinski definition) is 7. The Morgan fingerprint density at radius 1 is 1.37 bits per heavy atom. The van der Waals surface area contributed by atoms with Crippen LogP contribution in [0.2, 0.25) is 4.34 Å². The zero-order valence-corrected chi connectivity index (χ0v) is 17.3. The lowest BCUT2D eigenvalue weighted by Gasteiger charge is -2.28. The van der Waals surface area contributed by atoms with Crippen molar-refractivity contribution >= 4 is 46.1 Å². The Bertz CT molecular complexity index is 958. The van der Waals surface area contributed by atoms with E-state index in [1.54, 1.807) is 18.2 Å². The molecule has 8 nitrogen and oxygen atoms in total. The quantitative estimate of drug-likeness (QED) is 0.714. The Labute approximate surface area is 180 Å². The van der Waals surface area contributed by atoms with Gasteiger partial charge in [0.1, 0.15) is 12.4 Å². The number of hydrogen-bond donors (Lipinski definition) is 2. The van der Waals surface area contributed by atoms with Gasteiger partial charge in [-0.1, -0.05) is 11.6 Å². The summed E-state index contributed by atoms with van der Waals surface area (Å²) in [5.41, 5.74) is 0.573. The third-order valence-electron chi connectivity index (χ3n) is 4.81. The van der Waals surface area contributed by atoms with Crippen molar-refractivity contribution in [3.63, 3.8) is 0 Å². The molecule has 2 aliphatic heterocycles. The van der Waals surface area contributed by atoms with Crippen molar-refractivity contribution in [3.05, 3.63) is 45.4 Å². The van der Waals surface area contributed by atoms with Crippen LogP contribution in [0.4, 0.5) is 15.8 Å². The molecule has 2 saturated heterocycles. The molecule has 30 heavy (non-hydrogen) atoms. The van der Waals surface area contributed by atoms with Gasteiger partial charge in [0.15, 0.2) is 0 Å². The summed E-state index contributed by atoms with van der Waals surface area (Å²) in [6, 6.07) is 7.63. The second-order valence-corrected chi connectivity index (χ2v) is 8.50. The number of anilines is 2. The maximum atomic E-state index is 14.7. The van der Waals surface area contributed by atoms with Gasteiger partial charge in [-0.15, -0.1) is 11.3 Å². The first-order valence-electron chi connectivity index (χ1n) is 9.24. The van der Waals surface area contributed by atoms with E-state index in [-0.39, 0.29) is 43.7 Å². The van der Waals surface area contributed by atoms with E-state index in [2.05, 4.69) is 5.32 Å². The van der Waals surface area contributed by atoms with Gasteiger partial charge in [-0.05, 0) is 30.3 Å². The number of morpholine rings is 1. The molecule has 0 saturated carbocycles. The summed E-state index contributed by atoms with van der Waals surface area (Å²) < 4.78 is 25.7. The van der Waals surface area contributed by atoms with Crippen molar-refractivity contribution < 1.29 is 28.6 Å². The average Bonchev–Trinajstić information content (AvgIpc) is 3.32. The number of thiophene rings is 1. The van der Waals surface area contributed by atoms with Crippen LogP contribution in [0.25, 0.3) is 0 Å². The van der Waals surface area contributed by atoms with E-state index >= 15 is 0 Å². The lowest BCUT2D eigenvalue weighted by Crippen LogP contribution is -2.42. The van der Waals surface area contributed by atoms with Crippen molar-refractivity contribution in [2.24, 2.45) is 0 Å². The summed E-state index contributed by atoms with van der Waals surface area (Å²) >= 11 is 7.00. The van der Waals surface area contributed by atoms with E-state index in [4.69, 9.17) is 21.1 Å². The molecular formula is C19H19ClFN3O5S. The molecule has 2 amide bonds. The Balaban J connectivity index is 1.39. The number of carbonyl (C=O) groups is 2. The molecule has 4 rings (SSSR count). The van der Waals surface area contributed by atoms with Gasteiger partial charge in [0.2, 0.25) is 6.41 Å². The van der Waals surface area contributed by atoms with Gasteiger partial charge >= 0.3 is 0 Å². The highest BCUT2D eigenvalue weighted by atomic mass is 35.5. The Hall–Kier alpha value is -2.24. The van der Waals surface area contributed by atoms with E-state index in [1.165, 1.54) is 33.3 Å². The van der Waals surface area contributed by atoms with Crippen LogP contribution in [0, 0.1) is 5.82 Å². The van der Waals surface area contributed by atoms with Crippen LogP contribution in [-0.2, 0) is 14.3 Å². The maximum absolute atomic E-state index is 14.7. The molecule has 2 fully saturated rings. The molecule has 160 valence electrons. The summed E-state index contributed by atoms with van der Waals surface area (Å²) in [5, 5.41) is 13.0. The van der Waals surface area contributed by atoms with E-state index in [1.807, 2.05) is 0 Å². The summed E-state index contributed by atoms with van der Waals surface area (Å²) in [6.07, 6.45) is -1.76. The number of rotatable bonds is 5. The molecule has 2 unspecified atom stereocenters. The highest BCUT2D eigenvalue weighted by molar-refractivity contribution is 7.17. The number of ether oxygens (including phenoxy) is 2. The number of nitrogens with zero attached hydrogens (tertiary/aromatic N) is 2. The van der Waals surface area contributed by atoms with Crippen molar-refractivity contribution in [1.29, 1.82) is 0 Å².